The van der Waals surface area contributed by atoms with Gasteiger partial charge >= 0.3 is 6.18 Å². The van der Waals surface area contributed by atoms with Crippen molar-refractivity contribution in [2.24, 2.45) is 0 Å². The molecule has 0 saturated carbocycles. The van der Waals surface area contributed by atoms with Crippen LogP contribution in [0.3, 0.4) is 0 Å². The molecular formula is C22H18F6. The lowest BCUT2D eigenvalue weighted by Crippen LogP contribution is -2.11. The molecule has 0 saturated heterocycles. The Balaban J connectivity index is 2.02. The van der Waals surface area contributed by atoms with Crippen molar-refractivity contribution < 1.29 is 26.3 Å². The van der Waals surface area contributed by atoms with Gasteiger partial charge < -0.3 is 0 Å². The van der Waals surface area contributed by atoms with Crippen LogP contribution < -0.4 is 0 Å². The van der Waals surface area contributed by atoms with Crippen LogP contribution in [-0.2, 0) is 12.6 Å². The monoisotopic (exact) mass is 396 g/mol. The van der Waals surface area contributed by atoms with Crippen molar-refractivity contribution in [1.82, 2.24) is 0 Å². The van der Waals surface area contributed by atoms with Crippen LogP contribution >= 0.6 is 0 Å². The molecule has 0 spiro atoms. The summed E-state index contributed by atoms with van der Waals surface area (Å²) in [5, 5.41) is 0.876. The maximum atomic E-state index is 14.9. The van der Waals surface area contributed by atoms with Crippen LogP contribution in [0.4, 0.5) is 26.3 Å². The molecule has 3 aromatic rings. The molecule has 0 fully saturated rings. The van der Waals surface area contributed by atoms with Crippen LogP contribution in [0.15, 0.2) is 42.5 Å². The largest absolute Gasteiger partial charge is 0.422 e. The van der Waals surface area contributed by atoms with E-state index in [9.17, 15) is 26.3 Å². The lowest BCUT2D eigenvalue weighted by atomic mass is 9.96. The molecule has 0 nitrogen and oxygen atoms in total. The third-order valence-corrected chi connectivity index (χ3v) is 4.72. The average molecular weight is 396 g/mol. The van der Waals surface area contributed by atoms with Crippen molar-refractivity contribution >= 4 is 10.8 Å². The molecule has 0 aliphatic rings. The summed E-state index contributed by atoms with van der Waals surface area (Å²) in [6.45, 7) is 2.10. The molecule has 0 atom stereocenters. The zero-order valence-electron chi connectivity index (χ0n) is 15.1. The Hall–Kier alpha value is -2.50. The van der Waals surface area contributed by atoms with Gasteiger partial charge in [-0.1, -0.05) is 50.1 Å². The summed E-state index contributed by atoms with van der Waals surface area (Å²) in [7, 11) is 0. The zero-order valence-corrected chi connectivity index (χ0v) is 15.1. The third kappa shape index (κ3) is 4.01. The van der Waals surface area contributed by atoms with Gasteiger partial charge in [-0.05, 0) is 41.5 Å². The number of halogens is 6. The molecule has 0 bridgehead atoms. The van der Waals surface area contributed by atoms with Crippen LogP contribution in [-0.4, -0.2) is 0 Å². The first-order valence-corrected chi connectivity index (χ1v) is 9.00. The maximum Gasteiger partial charge on any atom is 0.422 e. The first kappa shape index (κ1) is 20.2. The first-order chi connectivity index (χ1) is 13.2. The molecule has 0 aliphatic heterocycles. The minimum Gasteiger partial charge on any atom is -0.206 e. The number of alkyl halides is 3. The molecule has 0 aromatic heterocycles. The maximum absolute atomic E-state index is 14.9. The number of fused-ring (bicyclic) bond motifs is 1. The molecule has 6 heteroatoms. The normalized spacial score (nSPS) is 12.0. The van der Waals surface area contributed by atoms with Gasteiger partial charge in [-0.15, -0.1) is 0 Å². The van der Waals surface area contributed by atoms with E-state index >= 15 is 0 Å². The summed E-state index contributed by atoms with van der Waals surface area (Å²) in [4.78, 5) is 0. The van der Waals surface area contributed by atoms with E-state index in [0.29, 0.717) is 17.5 Å². The van der Waals surface area contributed by atoms with Gasteiger partial charge in [-0.2, -0.15) is 13.2 Å². The quantitative estimate of drug-likeness (QED) is 0.307. The topological polar surface area (TPSA) is 0 Å². The predicted octanol–water partition coefficient (Wildman–Crippen LogP) is 7.68. The lowest BCUT2D eigenvalue weighted by molar-refractivity contribution is -0.142. The van der Waals surface area contributed by atoms with E-state index in [2.05, 4.69) is 6.92 Å². The van der Waals surface area contributed by atoms with E-state index in [0.717, 1.165) is 31.2 Å². The zero-order chi connectivity index (χ0) is 20.5. The Kier molecular flexibility index (Phi) is 5.68. The summed E-state index contributed by atoms with van der Waals surface area (Å²) in [6, 6.07) is 9.18. The van der Waals surface area contributed by atoms with Gasteiger partial charge in [0.2, 0.25) is 0 Å². The summed E-state index contributed by atoms with van der Waals surface area (Å²) >= 11 is 0. The van der Waals surface area contributed by atoms with Gasteiger partial charge in [0, 0.05) is 10.9 Å². The molecule has 0 aliphatic carbocycles. The van der Waals surface area contributed by atoms with Gasteiger partial charge in [-0.3, -0.25) is 0 Å². The van der Waals surface area contributed by atoms with Gasteiger partial charge in [0.05, 0.1) is 0 Å². The molecule has 0 N–H and O–H groups in total. The highest BCUT2D eigenvalue weighted by molar-refractivity contribution is 5.88. The minimum atomic E-state index is -5.16. The molecule has 148 valence electrons. The Bertz CT molecular complexity index is 981. The molecule has 0 amide bonds. The fourth-order valence-electron chi connectivity index (χ4n) is 3.30. The number of aryl methyl sites for hydroxylation is 1. The van der Waals surface area contributed by atoms with Gasteiger partial charge in [0.25, 0.3) is 0 Å². The lowest BCUT2D eigenvalue weighted by Gasteiger charge is -2.13. The van der Waals surface area contributed by atoms with Crippen molar-refractivity contribution in [2.75, 3.05) is 0 Å². The van der Waals surface area contributed by atoms with E-state index in [-0.39, 0.29) is 16.5 Å². The Morgan fingerprint density at radius 1 is 0.821 bits per heavy atom. The smallest absolute Gasteiger partial charge is 0.206 e. The second kappa shape index (κ2) is 7.86. The minimum absolute atomic E-state index is 0.155. The van der Waals surface area contributed by atoms with Crippen LogP contribution in [0.2, 0.25) is 0 Å². The third-order valence-electron chi connectivity index (χ3n) is 4.72. The molecule has 0 heterocycles. The molecule has 3 rings (SSSR count). The number of rotatable bonds is 5. The highest BCUT2D eigenvalue weighted by Gasteiger charge is 2.38. The SMILES string of the molecule is CCCCCc1ccc2c(F)c(-c3cc(F)c(C(F)(F)F)c(F)c3)ccc2c1. The second-order valence-corrected chi connectivity index (χ2v) is 6.75. The van der Waals surface area contributed by atoms with Gasteiger partial charge in [-0.25, -0.2) is 13.2 Å². The fraction of sp³-hybridized carbons (Fsp3) is 0.273. The van der Waals surface area contributed by atoms with Crippen LogP contribution in [0.5, 0.6) is 0 Å². The van der Waals surface area contributed by atoms with Crippen molar-refractivity contribution in [1.29, 1.82) is 0 Å². The van der Waals surface area contributed by atoms with Crippen molar-refractivity contribution in [2.45, 2.75) is 38.8 Å². The highest BCUT2D eigenvalue weighted by atomic mass is 19.4. The Labute approximate surface area is 158 Å². The highest BCUT2D eigenvalue weighted by Crippen LogP contribution is 2.37. The molecule has 28 heavy (non-hydrogen) atoms. The molecular weight excluding hydrogens is 378 g/mol. The van der Waals surface area contributed by atoms with Crippen molar-refractivity contribution in [3.05, 3.63) is 71.0 Å². The van der Waals surface area contributed by atoms with Crippen LogP contribution in [0.25, 0.3) is 21.9 Å². The van der Waals surface area contributed by atoms with Gasteiger partial charge in [0.15, 0.2) is 0 Å². The fourth-order valence-corrected chi connectivity index (χ4v) is 3.30. The summed E-state index contributed by atoms with van der Waals surface area (Å²) in [5.41, 5.74) is -1.36. The van der Waals surface area contributed by atoms with Crippen molar-refractivity contribution in [3.63, 3.8) is 0 Å². The molecule has 3 aromatic carbocycles. The summed E-state index contributed by atoms with van der Waals surface area (Å²) in [5.74, 6) is -4.27. The summed E-state index contributed by atoms with van der Waals surface area (Å²) < 4.78 is 80.8. The van der Waals surface area contributed by atoms with E-state index in [1.165, 1.54) is 6.07 Å². The van der Waals surface area contributed by atoms with Crippen LogP contribution in [0.1, 0.15) is 37.3 Å². The summed E-state index contributed by atoms with van der Waals surface area (Å²) in [6.07, 6.45) is -1.10. The van der Waals surface area contributed by atoms with Gasteiger partial charge in [0.1, 0.15) is 23.0 Å². The Morgan fingerprint density at radius 2 is 1.50 bits per heavy atom. The average Bonchev–Trinajstić information content (AvgIpc) is 2.60. The molecule has 0 radical (unpaired) electrons. The molecule has 0 unspecified atom stereocenters. The van der Waals surface area contributed by atoms with E-state index in [1.54, 1.807) is 18.2 Å². The van der Waals surface area contributed by atoms with E-state index in [4.69, 9.17) is 0 Å². The number of hydrogen-bond donors (Lipinski definition) is 0. The number of hydrogen-bond acceptors (Lipinski definition) is 0. The predicted molar refractivity (Wildman–Crippen MR) is 97.5 cm³/mol. The first-order valence-electron chi connectivity index (χ1n) is 9.00. The van der Waals surface area contributed by atoms with Crippen LogP contribution in [0, 0.1) is 17.5 Å². The second-order valence-electron chi connectivity index (χ2n) is 6.75. The number of benzene rings is 3. The standard InChI is InChI=1S/C22H18F6/c1-2-3-4-5-13-6-8-16-14(10-13)7-9-17(21(16)25)15-11-18(23)20(19(24)12-15)22(26,27)28/h6-12H,2-5H2,1H3. The van der Waals surface area contributed by atoms with E-state index in [1.807, 2.05) is 6.07 Å². The van der Waals surface area contributed by atoms with E-state index < -0.39 is 29.2 Å². The Morgan fingerprint density at radius 3 is 2.11 bits per heavy atom. The van der Waals surface area contributed by atoms with Crippen molar-refractivity contribution in [3.8, 4) is 11.1 Å². The number of unbranched alkanes of at least 4 members (excludes halogenated alkanes) is 2.